The van der Waals surface area contributed by atoms with Crippen molar-refractivity contribution in [2.45, 2.75) is 24.3 Å². The van der Waals surface area contributed by atoms with Crippen LogP contribution in [0, 0.1) is 12.8 Å². The molecule has 0 amide bonds. The molecule has 1 aliphatic heterocycles. The fourth-order valence-corrected chi connectivity index (χ4v) is 6.23. The molecule has 6 nitrogen and oxygen atoms in total. The summed E-state index contributed by atoms with van der Waals surface area (Å²) in [5, 5.41) is 0.944. The third kappa shape index (κ3) is 3.03. The lowest BCUT2D eigenvalue weighted by Crippen LogP contribution is -2.44. The summed E-state index contributed by atoms with van der Waals surface area (Å²) in [5.41, 5.74) is 4.73. The van der Waals surface area contributed by atoms with E-state index in [1.54, 1.807) is 18.3 Å². The lowest BCUT2D eigenvalue weighted by molar-refractivity contribution is -0.144. The molecule has 2 atom stereocenters. The van der Waals surface area contributed by atoms with E-state index >= 15 is 0 Å². The Labute approximate surface area is 181 Å². The van der Waals surface area contributed by atoms with Crippen LogP contribution in [-0.4, -0.2) is 50.0 Å². The van der Waals surface area contributed by atoms with Gasteiger partial charge in [-0.15, -0.1) is 0 Å². The summed E-state index contributed by atoms with van der Waals surface area (Å²) in [4.78, 5) is 14.6. The highest BCUT2D eigenvalue weighted by atomic mass is 32.2. The highest BCUT2D eigenvalue weighted by Crippen LogP contribution is 2.42. The summed E-state index contributed by atoms with van der Waals surface area (Å²) in [6.45, 7) is 2.51. The maximum absolute atomic E-state index is 13.5. The van der Waals surface area contributed by atoms with Crippen LogP contribution < -0.4 is 0 Å². The van der Waals surface area contributed by atoms with Gasteiger partial charge in [0.05, 0.1) is 23.4 Å². The molecule has 7 heteroatoms. The van der Waals surface area contributed by atoms with Gasteiger partial charge in [-0.05, 0) is 55.3 Å². The van der Waals surface area contributed by atoms with Gasteiger partial charge in [-0.25, -0.2) is 12.4 Å². The fourth-order valence-electron chi connectivity index (χ4n) is 4.85. The minimum atomic E-state index is -3.73. The number of hydrogen-bond acceptors (Lipinski definition) is 5. The van der Waals surface area contributed by atoms with E-state index in [4.69, 9.17) is 4.74 Å². The Morgan fingerprint density at radius 3 is 2.58 bits per heavy atom. The molecular formula is C24H24N2O4S. The maximum atomic E-state index is 13.5. The summed E-state index contributed by atoms with van der Waals surface area (Å²) in [6, 6.07) is 12.8. The SMILES string of the molecule is COC(=O)[C@H]1C=C2c3cccc4c3c(cn4S(=O)(=O)c3ccc(C)cc3)C[C@H]2N(C)C1. The Hall–Kier alpha value is -2.90. The fraction of sp³-hybridized carbons (Fsp3) is 0.292. The molecule has 1 aliphatic carbocycles. The first kappa shape index (κ1) is 20.0. The third-order valence-corrected chi connectivity index (χ3v) is 8.12. The molecule has 0 saturated heterocycles. The molecule has 0 unspecified atom stereocenters. The zero-order valence-electron chi connectivity index (χ0n) is 17.7. The summed E-state index contributed by atoms with van der Waals surface area (Å²) in [5.74, 6) is -0.591. The van der Waals surface area contributed by atoms with Gasteiger partial charge in [-0.2, -0.15) is 0 Å². The van der Waals surface area contributed by atoms with Crippen LogP contribution >= 0.6 is 0 Å². The Morgan fingerprint density at radius 1 is 1.13 bits per heavy atom. The van der Waals surface area contributed by atoms with Gasteiger partial charge in [-0.3, -0.25) is 9.69 Å². The van der Waals surface area contributed by atoms with Crippen molar-refractivity contribution in [2.75, 3.05) is 20.7 Å². The van der Waals surface area contributed by atoms with E-state index in [-0.39, 0.29) is 22.8 Å². The molecule has 160 valence electrons. The summed E-state index contributed by atoms with van der Waals surface area (Å²) in [6.07, 6.45) is 4.46. The Bertz CT molecular complexity index is 1340. The predicted octanol–water partition coefficient (Wildman–Crippen LogP) is 3.23. The van der Waals surface area contributed by atoms with Crippen molar-refractivity contribution in [1.82, 2.24) is 8.87 Å². The smallest absolute Gasteiger partial charge is 0.313 e. The highest BCUT2D eigenvalue weighted by Gasteiger charge is 2.37. The van der Waals surface area contributed by atoms with E-state index in [0.29, 0.717) is 18.5 Å². The number of fused-ring (bicyclic) bond motifs is 2. The van der Waals surface area contributed by atoms with Crippen molar-refractivity contribution >= 4 is 32.5 Å². The second-order valence-corrected chi connectivity index (χ2v) is 10.2. The molecule has 0 fully saturated rings. The van der Waals surface area contributed by atoms with Crippen LogP contribution in [0.5, 0.6) is 0 Å². The van der Waals surface area contributed by atoms with E-state index in [0.717, 1.165) is 27.6 Å². The molecule has 2 aromatic carbocycles. The zero-order valence-corrected chi connectivity index (χ0v) is 18.5. The monoisotopic (exact) mass is 436 g/mol. The number of esters is 1. The van der Waals surface area contributed by atoms with Crippen LogP contribution in [0.1, 0.15) is 16.7 Å². The number of aromatic nitrogens is 1. The Morgan fingerprint density at radius 2 is 1.87 bits per heavy atom. The molecule has 0 N–H and O–H groups in total. The van der Waals surface area contributed by atoms with E-state index in [2.05, 4.69) is 4.90 Å². The molecule has 31 heavy (non-hydrogen) atoms. The van der Waals surface area contributed by atoms with Gasteiger partial charge < -0.3 is 4.74 Å². The van der Waals surface area contributed by atoms with Gasteiger partial charge in [0.25, 0.3) is 10.0 Å². The number of rotatable bonds is 3. The number of methoxy groups -OCH3 is 1. The Kier molecular flexibility index (Phi) is 4.57. The van der Waals surface area contributed by atoms with Crippen LogP contribution in [0.25, 0.3) is 16.5 Å². The third-order valence-electron chi connectivity index (χ3n) is 6.44. The van der Waals surface area contributed by atoms with E-state index < -0.39 is 10.0 Å². The zero-order chi connectivity index (χ0) is 21.9. The van der Waals surface area contributed by atoms with Crippen molar-refractivity contribution in [1.29, 1.82) is 0 Å². The summed E-state index contributed by atoms with van der Waals surface area (Å²) in [7, 11) is -0.321. The van der Waals surface area contributed by atoms with E-state index in [1.165, 1.54) is 11.1 Å². The molecule has 0 saturated carbocycles. The standard InChI is InChI=1S/C24H24N2O4S/c1-15-7-9-18(10-8-15)31(28,29)26-14-16-12-22-20(19-5-4-6-21(26)23(16)19)11-17(13-25(22)2)24(27)30-3/h4-11,14,17,22H,12-13H2,1-3H3/t17-,22+/m0/s1. The van der Waals surface area contributed by atoms with Crippen molar-refractivity contribution in [3.05, 3.63) is 71.4 Å². The number of nitrogens with zero attached hydrogens (tertiary/aromatic N) is 2. The second kappa shape index (κ2) is 7.07. The van der Waals surface area contributed by atoms with Crippen molar-refractivity contribution in [2.24, 2.45) is 5.92 Å². The van der Waals surface area contributed by atoms with Gasteiger partial charge in [0.2, 0.25) is 0 Å². The molecular weight excluding hydrogens is 412 g/mol. The van der Waals surface area contributed by atoms with E-state index in [9.17, 15) is 13.2 Å². The number of carbonyl (C=O) groups excluding carboxylic acids is 1. The number of carbonyl (C=O) groups is 1. The lowest BCUT2D eigenvalue weighted by Gasteiger charge is -2.39. The first-order valence-electron chi connectivity index (χ1n) is 10.3. The van der Waals surface area contributed by atoms with Crippen LogP contribution in [-0.2, 0) is 26.0 Å². The molecule has 0 spiro atoms. The summed E-state index contributed by atoms with van der Waals surface area (Å²) < 4.78 is 33.3. The molecule has 0 radical (unpaired) electrons. The quantitative estimate of drug-likeness (QED) is 0.590. The first-order chi connectivity index (χ1) is 14.8. The normalized spacial score (nSPS) is 20.9. The number of ether oxygens (including phenoxy) is 1. The second-order valence-electron chi connectivity index (χ2n) is 8.38. The average Bonchev–Trinajstić information content (AvgIpc) is 3.15. The molecule has 3 aromatic rings. The van der Waals surface area contributed by atoms with Crippen molar-refractivity contribution in [3.63, 3.8) is 0 Å². The van der Waals surface area contributed by atoms with E-state index in [1.807, 2.05) is 50.4 Å². The van der Waals surface area contributed by atoms with Crippen molar-refractivity contribution < 1.29 is 17.9 Å². The lowest BCUT2D eigenvalue weighted by atomic mass is 9.80. The van der Waals surface area contributed by atoms with Gasteiger partial charge in [0.1, 0.15) is 0 Å². The minimum Gasteiger partial charge on any atom is -0.469 e. The number of hydrogen-bond donors (Lipinski definition) is 0. The molecule has 2 heterocycles. The number of benzene rings is 2. The highest BCUT2D eigenvalue weighted by molar-refractivity contribution is 7.90. The molecule has 2 aliphatic rings. The molecule has 5 rings (SSSR count). The van der Waals surface area contributed by atoms with Gasteiger partial charge in [0, 0.05) is 24.2 Å². The maximum Gasteiger partial charge on any atom is 0.313 e. The largest absolute Gasteiger partial charge is 0.469 e. The topological polar surface area (TPSA) is 68.6 Å². The number of likely N-dealkylation sites (N-methyl/N-ethyl adjacent to an activating group) is 1. The number of aryl methyl sites for hydroxylation is 1. The van der Waals surface area contributed by atoms with Crippen LogP contribution in [0.2, 0.25) is 0 Å². The average molecular weight is 437 g/mol. The van der Waals surface area contributed by atoms with Gasteiger partial charge in [0.15, 0.2) is 0 Å². The first-order valence-corrected chi connectivity index (χ1v) is 11.7. The van der Waals surface area contributed by atoms with Crippen LogP contribution in [0.4, 0.5) is 0 Å². The van der Waals surface area contributed by atoms with Crippen LogP contribution in [0.3, 0.4) is 0 Å². The summed E-state index contributed by atoms with van der Waals surface area (Å²) >= 11 is 0. The van der Waals surface area contributed by atoms with Gasteiger partial charge >= 0.3 is 5.97 Å². The predicted molar refractivity (Wildman–Crippen MR) is 119 cm³/mol. The van der Waals surface area contributed by atoms with Crippen LogP contribution in [0.15, 0.2) is 59.6 Å². The minimum absolute atomic E-state index is 0.0944. The Balaban J connectivity index is 1.70. The molecule has 0 bridgehead atoms. The van der Waals surface area contributed by atoms with Gasteiger partial charge in [-0.1, -0.05) is 35.9 Å². The molecule has 1 aromatic heterocycles. The van der Waals surface area contributed by atoms with Crippen molar-refractivity contribution in [3.8, 4) is 0 Å².